The Hall–Kier alpha value is -1.18. The van der Waals surface area contributed by atoms with E-state index < -0.39 is 4.33 Å². The van der Waals surface area contributed by atoms with Crippen molar-refractivity contribution in [1.82, 2.24) is 4.90 Å². The zero-order valence-electron chi connectivity index (χ0n) is 9.84. The van der Waals surface area contributed by atoms with Crippen LogP contribution in [-0.4, -0.2) is 16.3 Å². The first-order valence-electron chi connectivity index (χ1n) is 5.06. The van der Waals surface area contributed by atoms with Gasteiger partial charge in [0.25, 0.3) is 0 Å². The maximum atomic E-state index is 6.40. The highest BCUT2D eigenvalue weighted by Gasteiger charge is 2.39. The molecular weight excluding hydrogens is 253 g/mol. The summed E-state index contributed by atoms with van der Waals surface area (Å²) in [5, 5.41) is 0. The van der Waals surface area contributed by atoms with Gasteiger partial charge in [-0.15, -0.1) is 0 Å². The lowest BCUT2D eigenvalue weighted by molar-refractivity contribution is 0.525. The summed E-state index contributed by atoms with van der Waals surface area (Å²) in [6, 6.07) is 0. The van der Waals surface area contributed by atoms with Crippen molar-refractivity contribution in [3.63, 3.8) is 0 Å². The Balaban J connectivity index is 3.63. The molecule has 0 spiro atoms. The van der Waals surface area contributed by atoms with Crippen molar-refractivity contribution in [3.8, 4) is 0 Å². The Labute approximate surface area is 113 Å². The first-order chi connectivity index (χ1) is 7.95. The lowest BCUT2D eigenvalue weighted by Gasteiger charge is -2.37. The van der Waals surface area contributed by atoms with E-state index in [-0.39, 0.29) is 0 Å². The molecule has 0 bridgehead atoms. The van der Waals surface area contributed by atoms with Gasteiger partial charge in [0, 0.05) is 29.6 Å². The van der Waals surface area contributed by atoms with Crippen molar-refractivity contribution in [3.05, 3.63) is 73.2 Å². The van der Waals surface area contributed by atoms with Gasteiger partial charge < -0.3 is 4.90 Å². The molecule has 0 N–H and O–H groups in total. The normalized spacial score (nSPS) is 19.1. The average Bonchev–Trinajstić information content (AvgIpc) is 2.29. The van der Waals surface area contributed by atoms with E-state index in [1.807, 2.05) is 11.9 Å². The van der Waals surface area contributed by atoms with Gasteiger partial charge in [0.05, 0.1) is 0 Å². The van der Waals surface area contributed by atoms with Crippen LogP contribution < -0.4 is 0 Å². The molecule has 0 fully saturated rings. The van der Waals surface area contributed by atoms with Gasteiger partial charge in [-0.1, -0.05) is 61.7 Å². The van der Waals surface area contributed by atoms with Crippen LogP contribution in [0.5, 0.6) is 0 Å². The number of allylic oxidation sites excluding steroid dienone is 6. The van der Waals surface area contributed by atoms with E-state index in [2.05, 4.69) is 26.3 Å². The van der Waals surface area contributed by atoms with Gasteiger partial charge in [0.15, 0.2) is 4.33 Å². The maximum Gasteiger partial charge on any atom is 0.172 e. The van der Waals surface area contributed by atoms with Gasteiger partial charge >= 0.3 is 0 Å². The number of rotatable bonds is 4. The lowest BCUT2D eigenvalue weighted by atomic mass is 9.94. The van der Waals surface area contributed by atoms with E-state index >= 15 is 0 Å². The fourth-order valence-corrected chi connectivity index (χ4v) is 2.61. The Kier molecular flexibility index (Phi) is 4.07. The molecule has 0 atom stereocenters. The number of hydrogen-bond donors (Lipinski definition) is 0. The number of hydrogen-bond acceptors (Lipinski definition) is 1. The molecule has 0 aromatic heterocycles. The summed E-state index contributed by atoms with van der Waals surface area (Å²) < 4.78 is -1.18. The highest BCUT2D eigenvalue weighted by Crippen LogP contribution is 2.46. The van der Waals surface area contributed by atoms with Crippen molar-refractivity contribution in [2.24, 2.45) is 0 Å². The zero-order valence-corrected chi connectivity index (χ0v) is 11.4. The van der Waals surface area contributed by atoms with Crippen LogP contribution in [0, 0.1) is 0 Å². The molecule has 1 heterocycles. The quantitative estimate of drug-likeness (QED) is 0.685. The average molecular weight is 268 g/mol. The van der Waals surface area contributed by atoms with Crippen LogP contribution in [0.4, 0.5) is 0 Å². The van der Waals surface area contributed by atoms with Crippen molar-refractivity contribution < 1.29 is 0 Å². The van der Waals surface area contributed by atoms with Gasteiger partial charge in [0.2, 0.25) is 0 Å². The fourth-order valence-electron chi connectivity index (χ4n) is 1.92. The van der Waals surface area contributed by atoms with Crippen LogP contribution in [-0.2, 0) is 0 Å². The van der Waals surface area contributed by atoms with Crippen LogP contribution in [0.1, 0.15) is 0 Å². The molecule has 1 rings (SSSR count). The molecule has 0 aromatic carbocycles. The van der Waals surface area contributed by atoms with Gasteiger partial charge in [-0.2, -0.15) is 0 Å². The predicted molar refractivity (Wildman–Crippen MR) is 77.0 cm³/mol. The second-order valence-electron chi connectivity index (χ2n) is 3.55. The molecule has 0 saturated carbocycles. The van der Waals surface area contributed by atoms with Crippen molar-refractivity contribution in [2.75, 3.05) is 7.05 Å². The second-order valence-corrected chi connectivity index (χ2v) is 4.88. The number of halogens is 2. The molecule has 0 saturated heterocycles. The highest BCUT2D eigenvalue weighted by molar-refractivity contribution is 6.53. The second kappa shape index (κ2) is 4.99. The summed E-state index contributed by atoms with van der Waals surface area (Å²) in [5.41, 5.74) is 3.01. The zero-order chi connectivity index (χ0) is 13.2. The van der Waals surface area contributed by atoms with Gasteiger partial charge in [-0.3, -0.25) is 0 Å². The third kappa shape index (κ3) is 2.01. The SMILES string of the molecule is C=CC1=C(C=C)C(Cl)(Cl)C(C=C)=C(C=C)N1C. The summed E-state index contributed by atoms with van der Waals surface area (Å²) in [6.07, 6.45) is 6.66. The van der Waals surface area contributed by atoms with Crippen LogP contribution in [0.15, 0.2) is 73.2 Å². The Morgan fingerprint density at radius 3 is 1.47 bits per heavy atom. The van der Waals surface area contributed by atoms with E-state index in [0.29, 0.717) is 11.1 Å². The molecule has 0 aromatic rings. The molecule has 17 heavy (non-hydrogen) atoms. The first-order valence-corrected chi connectivity index (χ1v) is 5.82. The molecular formula is C14H15Cl2N. The predicted octanol–water partition coefficient (Wildman–Crippen LogP) is 4.36. The van der Waals surface area contributed by atoms with E-state index in [1.165, 1.54) is 0 Å². The number of alkyl halides is 2. The minimum absolute atomic E-state index is 0.693. The number of nitrogens with zero attached hydrogens (tertiary/aromatic N) is 1. The Morgan fingerprint density at radius 2 is 1.24 bits per heavy atom. The Bertz CT molecular complexity index is 413. The molecule has 0 radical (unpaired) electrons. The van der Waals surface area contributed by atoms with E-state index in [0.717, 1.165) is 11.4 Å². The molecule has 3 heteroatoms. The largest absolute Gasteiger partial charge is 0.344 e. The van der Waals surface area contributed by atoms with Crippen molar-refractivity contribution in [1.29, 1.82) is 0 Å². The topological polar surface area (TPSA) is 3.24 Å². The maximum absolute atomic E-state index is 6.40. The molecule has 0 amide bonds. The standard InChI is InChI=1S/C14H15Cl2N/c1-6-10-12(8-3)17(5)13(9-4)11(7-2)14(10,15)16/h6-9H,1-4H2,5H3. The fraction of sp³-hybridized carbons (Fsp3) is 0.143. The van der Waals surface area contributed by atoms with Gasteiger partial charge in [-0.05, 0) is 12.2 Å². The van der Waals surface area contributed by atoms with Crippen LogP contribution >= 0.6 is 23.2 Å². The van der Waals surface area contributed by atoms with E-state index in [1.54, 1.807) is 24.3 Å². The van der Waals surface area contributed by atoms with Gasteiger partial charge in [-0.25, -0.2) is 0 Å². The summed E-state index contributed by atoms with van der Waals surface area (Å²) in [4.78, 5) is 1.91. The van der Waals surface area contributed by atoms with E-state index in [4.69, 9.17) is 23.2 Å². The van der Waals surface area contributed by atoms with Crippen LogP contribution in [0.25, 0.3) is 0 Å². The molecule has 1 aliphatic heterocycles. The third-order valence-electron chi connectivity index (χ3n) is 2.75. The summed E-state index contributed by atoms with van der Waals surface area (Å²) in [6.45, 7) is 15.0. The molecule has 90 valence electrons. The summed E-state index contributed by atoms with van der Waals surface area (Å²) in [5.74, 6) is 0. The lowest BCUT2D eigenvalue weighted by Crippen LogP contribution is -2.33. The Morgan fingerprint density at radius 1 is 0.882 bits per heavy atom. The summed E-state index contributed by atoms with van der Waals surface area (Å²) >= 11 is 12.8. The van der Waals surface area contributed by atoms with E-state index in [9.17, 15) is 0 Å². The molecule has 0 aliphatic carbocycles. The van der Waals surface area contributed by atoms with Crippen molar-refractivity contribution >= 4 is 23.2 Å². The third-order valence-corrected chi connectivity index (χ3v) is 3.56. The van der Waals surface area contributed by atoms with Crippen LogP contribution in [0.2, 0.25) is 0 Å². The molecule has 1 nitrogen and oxygen atoms in total. The molecule has 1 aliphatic rings. The smallest absolute Gasteiger partial charge is 0.172 e. The minimum Gasteiger partial charge on any atom is -0.344 e. The van der Waals surface area contributed by atoms with Crippen LogP contribution in [0.3, 0.4) is 0 Å². The monoisotopic (exact) mass is 267 g/mol. The molecule has 0 unspecified atom stereocenters. The first kappa shape index (κ1) is 13.9. The van der Waals surface area contributed by atoms with Gasteiger partial charge in [0.1, 0.15) is 0 Å². The number of likely N-dealkylation sites (N-methyl/N-ethyl adjacent to an activating group) is 1. The highest BCUT2D eigenvalue weighted by atomic mass is 35.5. The van der Waals surface area contributed by atoms with Crippen molar-refractivity contribution in [2.45, 2.75) is 4.33 Å². The minimum atomic E-state index is -1.18. The summed E-state index contributed by atoms with van der Waals surface area (Å²) in [7, 11) is 1.89.